The van der Waals surface area contributed by atoms with E-state index in [0.717, 1.165) is 24.5 Å². The van der Waals surface area contributed by atoms with Crippen molar-refractivity contribution in [2.24, 2.45) is 0 Å². The van der Waals surface area contributed by atoms with Gasteiger partial charge >= 0.3 is 0 Å². The number of halogens is 1. The average Bonchev–Trinajstić information content (AvgIpc) is 2.79. The van der Waals surface area contributed by atoms with Crippen molar-refractivity contribution in [2.45, 2.75) is 26.9 Å². The van der Waals surface area contributed by atoms with Crippen LogP contribution in [0.4, 0.5) is 4.39 Å². The first-order chi connectivity index (χ1) is 10.9. The van der Waals surface area contributed by atoms with E-state index in [0.29, 0.717) is 11.1 Å². The third kappa shape index (κ3) is 4.20. The molecule has 0 spiro atoms. The number of benzene rings is 1. The summed E-state index contributed by atoms with van der Waals surface area (Å²) in [6, 6.07) is 8.36. The molecule has 1 heterocycles. The van der Waals surface area contributed by atoms with E-state index in [1.165, 1.54) is 6.07 Å². The Morgan fingerprint density at radius 1 is 1.26 bits per heavy atom. The first-order valence-corrected chi connectivity index (χ1v) is 7.73. The number of hydrogen-bond donors (Lipinski definition) is 1. The Morgan fingerprint density at radius 2 is 1.96 bits per heavy atom. The zero-order valence-electron chi connectivity index (χ0n) is 14.2. The van der Waals surface area contributed by atoms with Gasteiger partial charge in [-0.15, -0.1) is 0 Å². The standard InChI is InChI=1S/C18H24FN3O/c1-13-11-16(14(2)22(13)10-9-21(3)4)18(23)20-12-15-7-5-6-8-17(15)19/h5-8,11H,9-10,12H2,1-4H3,(H,20,23). The summed E-state index contributed by atoms with van der Waals surface area (Å²) in [6.07, 6.45) is 0. The molecule has 0 unspecified atom stereocenters. The SMILES string of the molecule is Cc1cc(C(=O)NCc2ccccc2F)c(C)n1CCN(C)C. The van der Waals surface area contributed by atoms with Gasteiger partial charge in [0.05, 0.1) is 5.56 Å². The lowest BCUT2D eigenvalue weighted by atomic mass is 10.2. The predicted octanol–water partition coefficient (Wildman–Crippen LogP) is 2.74. The molecule has 1 amide bonds. The lowest BCUT2D eigenvalue weighted by Gasteiger charge is -2.14. The molecule has 23 heavy (non-hydrogen) atoms. The first kappa shape index (κ1) is 17.2. The third-order valence-corrected chi connectivity index (χ3v) is 3.99. The van der Waals surface area contributed by atoms with Crippen LogP contribution in [0.3, 0.4) is 0 Å². The quantitative estimate of drug-likeness (QED) is 0.889. The van der Waals surface area contributed by atoms with E-state index in [-0.39, 0.29) is 18.3 Å². The van der Waals surface area contributed by atoms with Gasteiger partial charge in [0.2, 0.25) is 0 Å². The normalized spacial score (nSPS) is 11.0. The predicted molar refractivity (Wildman–Crippen MR) is 90.0 cm³/mol. The second-order valence-electron chi connectivity index (χ2n) is 6.01. The van der Waals surface area contributed by atoms with Gasteiger partial charge in [0, 0.05) is 36.6 Å². The van der Waals surface area contributed by atoms with Gasteiger partial charge in [0.15, 0.2) is 0 Å². The number of carbonyl (C=O) groups is 1. The molecule has 1 aromatic heterocycles. The number of nitrogens with zero attached hydrogens (tertiary/aromatic N) is 2. The largest absolute Gasteiger partial charge is 0.348 e. The summed E-state index contributed by atoms with van der Waals surface area (Å²) in [6.45, 7) is 5.88. The van der Waals surface area contributed by atoms with Gasteiger partial charge < -0.3 is 14.8 Å². The van der Waals surface area contributed by atoms with E-state index in [1.807, 2.05) is 34.0 Å². The summed E-state index contributed by atoms with van der Waals surface area (Å²) < 4.78 is 15.7. The topological polar surface area (TPSA) is 37.3 Å². The molecule has 0 saturated carbocycles. The van der Waals surface area contributed by atoms with Crippen LogP contribution in [0.1, 0.15) is 27.3 Å². The molecule has 0 bridgehead atoms. The summed E-state index contributed by atoms with van der Waals surface area (Å²) in [5.41, 5.74) is 3.13. The van der Waals surface area contributed by atoms with Gasteiger partial charge in [0.1, 0.15) is 5.82 Å². The summed E-state index contributed by atoms with van der Waals surface area (Å²) in [7, 11) is 4.05. The fourth-order valence-electron chi connectivity index (χ4n) is 2.59. The highest BCUT2D eigenvalue weighted by molar-refractivity contribution is 5.95. The summed E-state index contributed by atoms with van der Waals surface area (Å²) in [5.74, 6) is -0.471. The minimum Gasteiger partial charge on any atom is -0.348 e. The van der Waals surface area contributed by atoms with Crippen molar-refractivity contribution in [3.05, 3.63) is 58.7 Å². The molecule has 0 fully saturated rings. The second kappa shape index (κ2) is 7.42. The minimum absolute atomic E-state index is 0.169. The molecule has 1 N–H and O–H groups in total. The highest BCUT2D eigenvalue weighted by atomic mass is 19.1. The molecule has 0 atom stereocenters. The van der Waals surface area contributed by atoms with Crippen molar-refractivity contribution in [1.82, 2.24) is 14.8 Å². The lowest BCUT2D eigenvalue weighted by molar-refractivity contribution is 0.0950. The Labute approximate surface area is 136 Å². The molecule has 2 aromatic rings. The Balaban J connectivity index is 2.08. The number of aryl methyl sites for hydroxylation is 1. The van der Waals surface area contributed by atoms with Crippen molar-refractivity contribution in [3.8, 4) is 0 Å². The fourth-order valence-corrected chi connectivity index (χ4v) is 2.59. The van der Waals surface area contributed by atoms with Crippen LogP contribution in [0.5, 0.6) is 0 Å². The van der Waals surface area contributed by atoms with E-state index in [2.05, 4.69) is 14.8 Å². The average molecular weight is 317 g/mol. The first-order valence-electron chi connectivity index (χ1n) is 7.73. The van der Waals surface area contributed by atoms with Crippen molar-refractivity contribution in [3.63, 3.8) is 0 Å². The number of rotatable bonds is 6. The molecule has 1 aromatic carbocycles. The van der Waals surface area contributed by atoms with Crippen molar-refractivity contribution in [2.75, 3.05) is 20.6 Å². The molecule has 0 aliphatic heterocycles. The van der Waals surface area contributed by atoms with E-state index in [4.69, 9.17) is 0 Å². The van der Waals surface area contributed by atoms with Crippen molar-refractivity contribution in [1.29, 1.82) is 0 Å². The molecule has 0 radical (unpaired) electrons. The number of amides is 1. The van der Waals surface area contributed by atoms with Crippen molar-refractivity contribution >= 4 is 5.91 Å². The van der Waals surface area contributed by atoms with E-state index >= 15 is 0 Å². The Morgan fingerprint density at radius 3 is 2.61 bits per heavy atom. The van der Waals surface area contributed by atoms with Crippen LogP contribution in [-0.2, 0) is 13.1 Å². The van der Waals surface area contributed by atoms with Crippen LogP contribution in [0.25, 0.3) is 0 Å². The van der Waals surface area contributed by atoms with Gasteiger partial charge in [-0.25, -0.2) is 4.39 Å². The summed E-state index contributed by atoms with van der Waals surface area (Å²) in [5, 5.41) is 2.80. The number of hydrogen-bond acceptors (Lipinski definition) is 2. The maximum Gasteiger partial charge on any atom is 0.253 e. The molecular weight excluding hydrogens is 293 g/mol. The Bertz CT molecular complexity index is 692. The van der Waals surface area contributed by atoms with Crippen molar-refractivity contribution < 1.29 is 9.18 Å². The van der Waals surface area contributed by atoms with Gasteiger partial charge in [-0.1, -0.05) is 18.2 Å². The zero-order valence-corrected chi connectivity index (χ0v) is 14.2. The van der Waals surface area contributed by atoms with Crippen LogP contribution in [0.2, 0.25) is 0 Å². The molecular formula is C18H24FN3O. The van der Waals surface area contributed by atoms with Gasteiger partial charge in [-0.05, 0) is 40.1 Å². The molecule has 2 rings (SSSR count). The highest BCUT2D eigenvalue weighted by Crippen LogP contribution is 2.15. The number of nitrogens with one attached hydrogen (secondary N) is 1. The number of carbonyl (C=O) groups excluding carboxylic acids is 1. The van der Waals surface area contributed by atoms with E-state index < -0.39 is 0 Å². The van der Waals surface area contributed by atoms with Gasteiger partial charge in [-0.3, -0.25) is 4.79 Å². The monoisotopic (exact) mass is 317 g/mol. The van der Waals surface area contributed by atoms with Crippen LogP contribution < -0.4 is 5.32 Å². The number of likely N-dealkylation sites (N-methyl/N-ethyl adjacent to an activating group) is 1. The smallest absolute Gasteiger partial charge is 0.253 e. The molecule has 0 saturated heterocycles. The van der Waals surface area contributed by atoms with Gasteiger partial charge in [0.25, 0.3) is 5.91 Å². The van der Waals surface area contributed by atoms with Crippen LogP contribution in [-0.4, -0.2) is 36.0 Å². The van der Waals surface area contributed by atoms with E-state index in [1.54, 1.807) is 18.2 Å². The summed E-state index contributed by atoms with van der Waals surface area (Å²) >= 11 is 0. The summed E-state index contributed by atoms with van der Waals surface area (Å²) in [4.78, 5) is 14.5. The lowest BCUT2D eigenvalue weighted by Crippen LogP contribution is -2.24. The maximum atomic E-state index is 13.6. The number of aromatic nitrogens is 1. The molecule has 124 valence electrons. The highest BCUT2D eigenvalue weighted by Gasteiger charge is 2.15. The molecule has 0 aliphatic rings. The van der Waals surface area contributed by atoms with Crippen LogP contribution in [0, 0.1) is 19.7 Å². The minimum atomic E-state index is -0.302. The van der Waals surface area contributed by atoms with E-state index in [9.17, 15) is 9.18 Å². The second-order valence-corrected chi connectivity index (χ2v) is 6.01. The van der Waals surface area contributed by atoms with Gasteiger partial charge in [-0.2, -0.15) is 0 Å². The Hall–Kier alpha value is -2.14. The molecule has 4 nitrogen and oxygen atoms in total. The zero-order chi connectivity index (χ0) is 17.0. The fraction of sp³-hybridized carbons (Fsp3) is 0.389. The molecule has 0 aliphatic carbocycles. The van der Waals surface area contributed by atoms with Crippen LogP contribution >= 0.6 is 0 Å². The maximum absolute atomic E-state index is 13.6. The Kier molecular flexibility index (Phi) is 5.55. The van der Waals surface area contributed by atoms with Crippen LogP contribution in [0.15, 0.2) is 30.3 Å². The molecule has 5 heteroatoms. The third-order valence-electron chi connectivity index (χ3n) is 3.99.